The SMILES string of the molecule is Cn1ncc(NC(=O)OCC2c3ccccc3-c3ccccc32)c1C(=O)NC1(C(=O)O)CCC1. The van der Waals surface area contributed by atoms with Crippen LogP contribution in [0.4, 0.5) is 10.5 Å². The van der Waals surface area contributed by atoms with E-state index in [0.717, 1.165) is 28.7 Å². The molecule has 2 amide bonds. The van der Waals surface area contributed by atoms with Gasteiger partial charge in [0.05, 0.1) is 11.9 Å². The van der Waals surface area contributed by atoms with Gasteiger partial charge < -0.3 is 15.2 Å². The molecule has 1 aromatic heterocycles. The molecule has 9 nitrogen and oxygen atoms in total. The molecule has 1 saturated carbocycles. The summed E-state index contributed by atoms with van der Waals surface area (Å²) in [5, 5.41) is 18.7. The van der Waals surface area contributed by atoms with E-state index in [0.29, 0.717) is 12.8 Å². The Kier molecular flexibility index (Phi) is 5.31. The van der Waals surface area contributed by atoms with E-state index in [1.807, 2.05) is 36.4 Å². The largest absolute Gasteiger partial charge is 0.480 e. The molecular weight excluding hydrogens is 436 g/mol. The molecule has 0 saturated heterocycles. The summed E-state index contributed by atoms with van der Waals surface area (Å²) in [6.45, 7) is 0.129. The highest BCUT2D eigenvalue weighted by molar-refractivity contribution is 6.03. The number of hydrogen-bond donors (Lipinski definition) is 3. The summed E-state index contributed by atoms with van der Waals surface area (Å²) < 4.78 is 6.84. The number of carboxylic acid groups (broad SMARTS) is 1. The number of ether oxygens (including phenoxy) is 1. The Balaban J connectivity index is 1.28. The monoisotopic (exact) mass is 460 g/mol. The van der Waals surface area contributed by atoms with Gasteiger partial charge in [0.2, 0.25) is 0 Å². The fourth-order valence-electron chi connectivity index (χ4n) is 4.74. The predicted octanol–water partition coefficient (Wildman–Crippen LogP) is 3.52. The molecule has 0 aliphatic heterocycles. The minimum absolute atomic E-state index is 0.0565. The van der Waals surface area contributed by atoms with Crippen molar-refractivity contribution in [3.05, 3.63) is 71.5 Å². The normalized spacial score (nSPS) is 15.6. The lowest BCUT2D eigenvalue weighted by Crippen LogP contribution is -2.59. The third kappa shape index (κ3) is 3.59. The maximum atomic E-state index is 12.9. The predicted molar refractivity (Wildman–Crippen MR) is 124 cm³/mol. The number of benzene rings is 2. The van der Waals surface area contributed by atoms with Crippen LogP contribution in [0.2, 0.25) is 0 Å². The van der Waals surface area contributed by atoms with Crippen molar-refractivity contribution in [3.63, 3.8) is 0 Å². The number of nitrogens with one attached hydrogen (secondary N) is 2. The average Bonchev–Trinajstić information content (AvgIpc) is 3.32. The molecule has 2 aliphatic carbocycles. The number of hydrogen-bond acceptors (Lipinski definition) is 5. The van der Waals surface area contributed by atoms with Gasteiger partial charge in [0, 0.05) is 13.0 Å². The second-order valence-corrected chi connectivity index (χ2v) is 8.68. The number of fused-ring (bicyclic) bond motifs is 3. The molecule has 0 unspecified atom stereocenters. The Morgan fingerprint density at radius 1 is 1.09 bits per heavy atom. The Labute approximate surface area is 195 Å². The lowest BCUT2D eigenvalue weighted by Gasteiger charge is -2.38. The zero-order chi connectivity index (χ0) is 23.9. The van der Waals surface area contributed by atoms with Crippen LogP contribution in [0.15, 0.2) is 54.7 Å². The highest BCUT2D eigenvalue weighted by Gasteiger charge is 2.46. The van der Waals surface area contributed by atoms with Gasteiger partial charge in [-0.1, -0.05) is 48.5 Å². The van der Waals surface area contributed by atoms with Crippen molar-refractivity contribution >= 4 is 23.7 Å². The van der Waals surface area contributed by atoms with Gasteiger partial charge >= 0.3 is 12.1 Å². The Morgan fingerprint density at radius 2 is 1.71 bits per heavy atom. The first-order valence-corrected chi connectivity index (χ1v) is 11.1. The van der Waals surface area contributed by atoms with Gasteiger partial charge in [-0.3, -0.25) is 14.8 Å². The quantitative estimate of drug-likeness (QED) is 0.517. The number of nitrogens with zero attached hydrogens (tertiary/aromatic N) is 2. The van der Waals surface area contributed by atoms with Gasteiger partial charge in [-0.2, -0.15) is 5.10 Å². The van der Waals surface area contributed by atoms with E-state index in [2.05, 4.69) is 27.9 Å². The molecule has 3 N–H and O–H groups in total. The molecule has 0 radical (unpaired) electrons. The fourth-order valence-corrected chi connectivity index (χ4v) is 4.74. The zero-order valence-corrected chi connectivity index (χ0v) is 18.6. The van der Waals surface area contributed by atoms with Crippen LogP contribution < -0.4 is 10.6 Å². The van der Waals surface area contributed by atoms with Crippen LogP contribution in [0.3, 0.4) is 0 Å². The molecule has 1 heterocycles. The van der Waals surface area contributed by atoms with E-state index in [9.17, 15) is 19.5 Å². The van der Waals surface area contributed by atoms with E-state index < -0.39 is 23.5 Å². The van der Waals surface area contributed by atoms with Gasteiger partial charge in [0.25, 0.3) is 5.91 Å². The number of amides is 2. The Hall–Kier alpha value is -4.14. The number of carbonyl (C=O) groups is 3. The van der Waals surface area contributed by atoms with E-state index in [4.69, 9.17) is 4.74 Å². The van der Waals surface area contributed by atoms with E-state index in [-0.39, 0.29) is 23.9 Å². The van der Waals surface area contributed by atoms with Crippen LogP contribution >= 0.6 is 0 Å². The van der Waals surface area contributed by atoms with E-state index >= 15 is 0 Å². The highest BCUT2D eigenvalue weighted by atomic mass is 16.5. The molecule has 9 heteroatoms. The zero-order valence-electron chi connectivity index (χ0n) is 18.6. The standard InChI is InChI=1S/C25H24N4O5/c1-29-21(22(30)28-25(23(31)32)11-6-12-25)20(13-26-29)27-24(33)34-14-19-17-9-4-2-7-15(17)16-8-3-5-10-18(16)19/h2-5,7-10,13,19H,6,11-12,14H2,1H3,(H,27,33)(H,28,30)(H,31,32). The number of carboxylic acids is 1. The van der Waals surface area contributed by atoms with Crippen LogP contribution in [0, 0.1) is 0 Å². The summed E-state index contributed by atoms with van der Waals surface area (Å²) in [7, 11) is 1.55. The number of anilines is 1. The number of aliphatic carboxylic acids is 1. The second-order valence-electron chi connectivity index (χ2n) is 8.68. The van der Waals surface area contributed by atoms with Crippen LogP contribution in [0.25, 0.3) is 11.1 Å². The molecule has 2 aliphatic rings. The molecule has 5 rings (SSSR count). The van der Waals surface area contributed by atoms with Crippen molar-refractivity contribution < 1.29 is 24.2 Å². The summed E-state index contributed by atoms with van der Waals surface area (Å²) in [5.41, 5.74) is 3.37. The van der Waals surface area contributed by atoms with Gasteiger partial charge in [-0.25, -0.2) is 9.59 Å². The van der Waals surface area contributed by atoms with Crippen LogP contribution in [0.5, 0.6) is 0 Å². The van der Waals surface area contributed by atoms with Gasteiger partial charge in [0.15, 0.2) is 0 Å². The lowest BCUT2D eigenvalue weighted by molar-refractivity contribution is -0.148. The van der Waals surface area contributed by atoms with Crippen LogP contribution in [-0.4, -0.2) is 45.0 Å². The van der Waals surface area contributed by atoms with Crippen molar-refractivity contribution in [3.8, 4) is 11.1 Å². The average molecular weight is 460 g/mol. The summed E-state index contributed by atoms with van der Waals surface area (Å²) in [5.74, 6) is -1.78. The highest BCUT2D eigenvalue weighted by Crippen LogP contribution is 2.44. The van der Waals surface area contributed by atoms with E-state index in [1.165, 1.54) is 10.9 Å². The number of rotatable bonds is 6. The molecule has 174 valence electrons. The summed E-state index contributed by atoms with van der Waals surface area (Å²) in [4.78, 5) is 37.1. The first-order chi connectivity index (χ1) is 16.4. The molecule has 0 spiro atoms. The Morgan fingerprint density at radius 3 is 2.26 bits per heavy atom. The first-order valence-electron chi connectivity index (χ1n) is 11.1. The van der Waals surface area contributed by atoms with Crippen molar-refractivity contribution in [2.45, 2.75) is 30.7 Å². The third-order valence-corrected chi connectivity index (χ3v) is 6.70. The van der Waals surface area contributed by atoms with Crippen LogP contribution in [-0.2, 0) is 16.6 Å². The second kappa shape index (κ2) is 8.33. The molecule has 1 fully saturated rings. The molecule has 3 aromatic rings. The third-order valence-electron chi connectivity index (χ3n) is 6.70. The number of aromatic nitrogens is 2. The number of carbonyl (C=O) groups excluding carboxylic acids is 2. The number of aryl methyl sites for hydroxylation is 1. The van der Waals surface area contributed by atoms with Crippen molar-refractivity contribution in [1.29, 1.82) is 0 Å². The van der Waals surface area contributed by atoms with Crippen molar-refractivity contribution in [1.82, 2.24) is 15.1 Å². The minimum Gasteiger partial charge on any atom is -0.480 e. The smallest absolute Gasteiger partial charge is 0.411 e. The van der Waals surface area contributed by atoms with Gasteiger partial charge in [-0.15, -0.1) is 0 Å². The maximum absolute atomic E-state index is 12.9. The van der Waals surface area contributed by atoms with Crippen molar-refractivity contribution in [2.75, 3.05) is 11.9 Å². The summed E-state index contributed by atoms with van der Waals surface area (Å²) >= 11 is 0. The lowest BCUT2D eigenvalue weighted by atomic mass is 9.76. The maximum Gasteiger partial charge on any atom is 0.411 e. The molecule has 34 heavy (non-hydrogen) atoms. The first kappa shape index (κ1) is 21.7. The molecule has 0 bridgehead atoms. The van der Waals surface area contributed by atoms with Crippen LogP contribution in [0.1, 0.15) is 46.8 Å². The Bertz CT molecular complexity index is 1250. The summed E-state index contributed by atoms with van der Waals surface area (Å²) in [6.07, 6.45) is 2.07. The van der Waals surface area contributed by atoms with Crippen molar-refractivity contribution in [2.24, 2.45) is 7.05 Å². The minimum atomic E-state index is -1.28. The van der Waals surface area contributed by atoms with Gasteiger partial charge in [0.1, 0.15) is 17.8 Å². The molecular formula is C25H24N4O5. The topological polar surface area (TPSA) is 123 Å². The van der Waals surface area contributed by atoms with E-state index in [1.54, 1.807) is 7.05 Å². The molecule has 0 atom stereocenters. The summed E-state index contributed by atoms with van der Waals surface area (Å²) in [6, 6.07) is 16.1. The van der Waals surface area contributed by atoms with Gasteiger partial charge in [-0.05, 0) is 41.5 Å². The fraction of sp³-hybridized carbons (Fsp3) is 0.280. The molecule has 2 aromatic carbocycles.